The van der Waals surface area contributed by atoms with Gasteiger partial charge in [-0.1, -0.05) is 66.7 Å². The van der Waals surface area contributed by atoms with Crippen LogP contribution in [0.3, 0.4) is 0 Å². The Kier molecular flexibility index (Phi) is 18.4. The van der Waals surface area contributed by atoms with Gasteiger partial charge in [0.05, 0.1) is 0 Å². The van der Waals surface area contributed by atoms with Gasteiger partial charge in [-0.05, 0) is 5.41 Å². The van der Waals surface area contributed by atoms with E-state index in [0.717, 1.165) is 0 Å². The zero-order chi connectivity index (χ0) is 14.2. The third-order valence-electron chi connectivity index (χ3n) is 4.51. The van der Waals surface area contributed by atoms with Crippen LogP contribution in [0.1, 0.15) is 69.2 Å². The van der Waals surface area contributed by atoms with Gasteiger partial charge >= 0.3 is 52.2 Å². The Hall–Kier alpha value is 1.73. The van der Waals surface area contributed by atoms with Crippen molar-refractivity contribution < 1.29 is 52.2 Å². The molecule has 0 fully saturated rings. The van der Waals surface area contributed by atoms with Crippen LogP contribution in [0, 0.1) is 55.8 Å². The summed E-state index contributed by atoms with van der Waals surface area (Å²) in [7, 11) is 0. The van der Waals surface area contributed by atoms with E-state index in [1.54, 1.807) is 0 Å². The molecule has 0 rings (SSSR count). The standard InChI is InChI=1S/C17H34.2CH3.Ru.Y/c1-12(2)17(10,11)14(16(7,8)9)13(3)15(4,5)6;;;;/h13-14H,3H2,1-2,4-11H3;2*1H3;;/q-2;2*-1;+1;+3. The molecule has 0 aromatic rings. The van der Waals surface area contributed by atoms with E-state index in [4.69, 9.17) is 0 Å². The van der Waals surface area contributed by atoms with Crippen LogP contribution in [-0.2, 0) is 52.2 Å². The minimum absolute atomic E-state index is 0. The first kappa shape index (κ1) is 34.1. The Morgan fingerprint density at radius 3 is 1.19 bits per heavy atom. The zero-order valence-electron chi connectivity index (χ0n) is 16.8. The van der Waals surface area contributed by atoms with Crippen LogP contribution in [0.5, 0.6) is 0 Å². The summed E-state index contributed by atoms with van der Waals surface area (Å²) in [6, 6.07) is 0. The summed E-state index contributed by atoms with van der Waals surface area (Å²) >= 11 is 0. The summed E-state index contributed by atoms with van der Waals surface area (Å²) in [5.41, 5.74) is 0.767. The Labute approximate surface area is 176 Å². The molecule has 0 nitrogen and oxygen atoms in total. The number of hydrogen-bond acceptors (Lipinski definition) is 0. The fraction of sp³-hybridized carbons (Fsp3) is 0.789. The molecule has 0 heterocycles. The minimum Gasteiger partial charge on any atom is -0.358 e. The van der Waals surface area contributed by atoms with Crippen LogP contribution in [0.25, 0.3) is 0 Å². The average Bonchev–Trinajstić information content (AvgIpc) is 1.98. The van der Waals surface area contributed by atoms with Gasteiger partial charge in [-0.2, -0.15) is 25.2 Å². The van der Waals surface area contributed by atoms with Gasteiger partial charge in [-0.3, -0.25) is 0 Å². The molecule has 1 radical (unpaired) electrons. The molecule has 21 heavy (non-hydrogen) atoms. The molecule has 0 saturated carbocycles. The van der Waals surface area contributed by atoms with Gasteiger partial charge in [0.1, 0.15) is 0 Å². The maximum atomic E-state index is 4.51. The molecule has 2 atom stereocenters. The third kappa shape index (κ3) is 9.57. The van der Waals surface area contributed by atoms with Crippen molar-refractivity contribution in [2.24, 2.45) is 28.1 Å². The summed E-state index contributed by atoms with van der Waals surface area (Å²) in [6.45, 7) is 27.8. The van der Waals surface area contributed by atoms with Gasteiger partial charge in [0.2, 0.25) is 0 Å². The SMILES string of the molecule is [CH2-]C(C(C(C)(C)C)C(C)(C)[C-](C)C)C(C)(C)C.[CH3-].[CH3-].[Ru+].[Y+3]. The Morgan fingerprint density at radius 2 is 1.05 bits per heavy atom. The van der Waals surface area contributed by atoms with Crippen LogP contribution < -0.4 is 0 Å². The molecular weight excluding hydrogens is 418 g/mol. The zero-order valence-corrected chi connectivity index (χ0v) is 21.4. The molecule has 0 amide bonds. The molecule has 0 aromatic heterocycles. The second-order valence-corrected chi connectivity index (χ2v) is 8.54. The van der Waals surface area contributed by atoms with Gasteiger partial charge in [0, 0.05) is 0 Å². The smallest absolute Gasteiger partial charge is 0.358 e. The van der Waals surface area contributed by atoms with Gasteiger partial charge in [-0.25, -0.2) is 0 Å². The quantitative estimate of drug-likeness (QED) is 0.327. The maximum Gasteiger partial charge on any atom is 3.00 e. The third-order valence-corrected chi connectivity index (χ3v) is 4.51. The summed E-state index contributed by atoms with van der Waals surface area (Å²) in [4.78, 5) is 0. The summed E-state index contributed by atoms with van der Waals surface area (Å²) in [6.07, 6.45) is 0. The van der Waals surface area contributed by atoms with Crippen molar-refractivity contribution in [1.82, 2.24) is 0 Å². The van der Waals surface area contributed by atoms with Crippen LogP contribution in [0.15, 0.2) is 0 Å². The average molecular weight is 459 g/mol. The van der Waals surface area contributed by atoms with E-state index in [2.05, 4.69) is 76.2 Å². The van der Waals surface area contributed by atoms with Crippen LogP contribution in [-0.4, -0.2) is 0 Å². The maximum absolute atomic E-state index is 4.51. The molecular formula is C19H40RuY. The molecule has 0 aliphatic carbocycles. The first-order valence-corrected chi connectivity index (χ1v) is 6.86. The van der Waals surface area contributed by atoms with E-state index in [0.29, 0.717) is 11.8 Å². The molecule has 2 unspecified atom stereocenters. The molecule has 2 heteroatoms. The second kappa shape index (κ2) is 11.3. The first-order valence-electron chi connectivity index (χ1n) is 6.86. The fourth-order valence-electron chi connectivity index (χ4n) is 3.00. The van der Waals surface area contributed by atoms with Gasteiger partial charge in [-0.15, -0.1) is 0 Å². The summed E-state index contributed by atoms with van der Waals surface area (Å²) in [5.74, 6) is 2.54. The molecule has 0 saturated heterocycles. The van der Waals surface area contributed by atoms with Crippen LogP contribution in [0.4, 0.5) is 0 Å². The van der Waals surface area contributed by atoms with Gasteiger partial charge < -0.3 is 27.7 Å². The van der Waals surface area contributed by atoms with E-state index in [9.17, 15) is 0 Å². The van der Waals surface area contributed by atoms with Crippen molar-refractivity contribution in [3.63, 3.8) is 0 Å². The largest absolute Gasteiger partial charge is 3.00 e. The molecule has 0 aliphatic rings. The molecule has 0 bridgehead atoms. The topological polar surface area (TPSA) is 0 Å². The second-order valence-electron chi connectivity index (χ2n) is 8.54. The van der Waals surface area contributed by atoms with E-state index >= 15 is 0 Å². The molecule has 0 aliphatic heterocycles. The van der Waals surface area contributed by atoms with Gasteiger partial charge in [0.15, 0.2) is 0 Å². The van der Waals surface area contributed by atoms with Crippen molar-refractivity contribution >= 4 is 0 Å². The van der Waals surface area contributed by atoms with Crippen LogP contribution in [0.2, 0.25) is 0 Å². The van der Waals surface area contributed by atoms with Crippen molar-refractivity contribution in [3.8, 4) is 0 Å². The molecule has 0 N–H and O–H groups in total. The van der Waals surface area contributed by atoms with E-state index in [-0.39, 0.29) is 83.3 Å². The van der Waals surface area contributed by atoms with Crippen molar-refractivity contribution in [2.45, 2.75) is 69.2 Å². The Balaban J connectivity index is -0.000000213. The number of hydrogen-bond donors (Lipinski definition) is 0. The first-order chi connectivity index (χ1) is 7.22. The van der Waals surface area contributed by atoms with Crippen molar-refractivity contribution in [3.05, 3.63) is 27.7 Å². The Morgan fingerprint density at radius 1 is 0.762 bits per heavy atom. The molecule has 127 valence electrons. The summed E-state index contributed by atoms with van der Waals surface area (Å²) < 4.78 is 0. The van der Waals surface area contributed by atoms with Crippen molar-refractivity contribution in [1.29, 1.82) is 0 Å². The molecule has 0 spiro atoms. The van der Waals surface area contributed by atoms with Crippen LogP contribution >= 0.6 is 0 Å². The normalized spacial score (nSPS) is 14.9. The minimum atomic E-state index is 0. The predicted octanol–water partition coefficient (Wildman–Crippen LogP) is 6.68. The molecule has 0 aromatic carbocycles. The van der Waals surface area contributed by atoms with E-state index in [1.165, 1.54) is 5.92 Å². The predicted molar refractivity (Wildman–Crippen MR) is 92.4 cm³/mol. The van der Waals surface area contributed by atoms with Gasteiger partial charge in [0.25, 0.3) is 0 Å². The fourth-order valence-corrected chi connectivity index (χ4v) is 3.00. The van der Waals surface area contributed by atoms with E-state index < -0.39 is 0 Å². The monoisotopic (exact) mass is 459 g/mol. The number of rotatable bonds is 3. The van der Waals surface area contributed by atoms with E-state index in [1.807, 2.05) is 0 Å². The van der Waals surface area contributed by atoms with Crippen molar-refractivity contribution in [2.75, 3.05) is 0 Å². The Bertz CT molecular complexity index is 243. The summed E-state index contributed by atoms with van der Waals surface area (Å²) in [5, 5.41) is 0.